The first kappa shape index (κ1) is 27.3. The monoisotopic (exact) mass is 534 g/mol. The minimum Gasteiger partial charge on any atom is -0.352 e. The first-order valence-electron chi connectivity index (χ1n) is 13.1. The highest BCUT2D eigenvalue weighted by atomic mass is 35.5. The molecule has 0 aromatic heterocycles. The number of benzene rings is 3. The van der Waals surface area contributed by atoms with Crippen molar-refractivity contribution < 1.29 is 9.59 Å². The van der Waals surface area contributed by atoms with Crippen molar-refractivity contribution >= 4 is 35.2 Å². The molecular weight excluding hydrogens is 500 g/mol. The Morgan fingerprint density at radius 3 is 2.35 bits per heavy atom. The van der Waals surface area contributed by atoms with Gasteiger partial charge in [-0.15, -0.1) is 11.8 Å². The third-order valence-electron chi connectivity index (χ3n) is 6.88. The van der Waals surface area contributed by atoms with Gasteiger partial charge in [-0.3, -0.25) is 9.59 Å². The molecule has 0 heterocycles. The summed E-state index contributed by atoms with van der Waals surface area (Å²) in [6.45, 7) is 2.36. The largest absolute Gasteiger partial charge is 0.352 e. The van der Waals surface area contributed by atoms with E-state index in [1.165, 1.54) is 5.56 Å². The van der Waals surface area contributed by atoms with Gasteiger partial charge in [-0.1, -0.05) is 90.7 Å². The molecule has 1 atom stereocenters. The summed E-state index contributed by atoms with van der Waals surface area (Å²) < 4.78 is 0. The molecule has 0 saturated heterocycles. The van der Waals surface area contributed by atoms with E-state index in [-0.39, 0.29) is 17.9 Å². The zero-order chi connectivity index (χ0) is 26.0. The molecule has 2 amide bonds. The van der Waals surface area contributed by atoms with Crippen molar-refractivity contribution in [2.24, 2.45) is 0 Å². The summed E-state index contributed by atoms with van der Waals surface area (Å²) in [4.78, 5) is 30.4. The van der Waals surface area contributed by atoms with Crippen molar-refractivity contribution in [3.05, 3.63) is 101 Å². The maximum absolute atomic E-state index is 13.8. The van der Waals surface area contributed by atoms with Gasteiger partial charge in [0.2, 0.25) is 11.8 Å². The van der Waals surface area contributed by atoms with Gasteiger partial charge in [0.15, 0.2) is 0 Å². The fourth-order valence-electron chi connectivity index (χ4n) is 4.77. The Kier molecular flexibility index (Phi) is 10.1. The minimum absolute atomic E-state index is 0.0398. The van der Waals surface area contributed by atoms with Gasteiger partial charge in [0.1, 0.15) is 6.04 Å². The summed E-state index contributed by atoms with van der Waals surface area (Å²) in [6.07, 6.45) is 5.05. The topological polar surface area (TPSA) is 49.4 Å². The van der Waals surface area contributed by atoms with Crippen LogP contribution in [0.5, 0.6) is 0 Å². The molecule has 0 spiro atoms. The molecule has 0 aliphatic heterocycles. The lowest BCUT2D eigenvalue weighted by Crippen LogP contribution is -2.52. The lowest BCUT2D eigenvalue weighted by atomic mass is 10.0. The third kappa shape index (κ3) is 8.11. The van der Waals surface area contributed by atoms with Gasteiger partial charge in [0.05, 0.1) is 0 Å². The first-order chi connectivity index (χ1) is 18.0. The molecule has 194 valence electrons. The summed E-state index contributed by atoms with van der Waals surface area (Å²) in [5.41, 5.74) is 3.08. The molecule has 1 aliphatic carbocycles. The van der Waals surface area contributed by atoms with Crippen LogP contribution in [0.2, 0.25) is 5.02 Å². The van der Waals surface area contributed by atoms with Gasteiger partial charge in [0.25, 0.3) is 0 Å². The van der Waals surface area contributed by atoms with Crippen LogP contribution in [0.25, 0.3) is 0 Å². The van der Waals surface area contributed by atoms with E-state index in [9.17, 15) is 9.59 Å². The Morgan fingerprint density at radius 2 is 1.65 bits per heavy atom. The fourth-order valence-corrected chi connectivity index (χ4v) is 5.80. The highest BCUT2D eigenvalue weighted by Crippen LogP contribution is 2.24. The van der Waals surface area contributed by atoms with Gasteiger partial charge in [0, 0.05) is 41.1 Å². The quantitative estimate of drug-likeness (QED) is 0.274. The Balaban J connectivity index is 1.56. The van der Waals surface area contributed by atoms with Crippen LogP contribution in [0.4, 0.5) is 0 Å². The van der Waals surface area contributed by atoms with Crippen molar-refractivity contribution in [2.75, 3.05) is 5.75 Å². The van der Waals surface area contributed by atoms with Crippen molar-refractivity contribution in [3.63, 3.8) is 0 Å². The van der Waals surface area contributed by atoms with E-state index in [4.69, 9.17) is 11.6 Å². The number of thioether (sulfide) groups is 1. The van der Waals surface area contributed by atoms with Crippen LogP contribution >= 0.6 is 23.4 Å². The van der Waals surface area contributed by atoms with Crippen LogP contribution in [-0.4, -0.2) is 34.6 Å². The van der Waals surface area contributed by atoms with Crippen molar-refractivity contribution in [1.82, 2.24) is 10.2 Å². The standard InChI is InChI=1S/C31H35ClN2O2S/c1-23-15-17-27(18-16-23)37-20-19-30(35)34(22-25-11-5-8-14-28(25)32)29(21-24-9-3-2-4-10-24)31(36)33-26-12-6-7-13-26/h2-5,8-11,14-18,26,29H,6-7,12-13,19-22H2,1H3,(H,33,36). The number of nitrogens with one attached hydrogen (secondary N) is 1. The summed E-state index contributed by atoms with van der Waals surface area (Å²) >= 11 is 8.17. The number of carbonyl (C=O) groups excluding carboxylic acids is 2. The van der Waals surface area contributed by atoms with Crippen molar-refractivity contribution in [1.29, 1.82) is 0 Å². The molecule has 1 fully saturated rings. The SMILES string of the molecule is Cc1ccc(SCCC(=O)N(Cc2ccccc2Cl)C(Cc2ccccc2)C(=O)NC2CCCC2)cc1. The lowest BCUT2D eigenvalue weighted by molar-refractivity contribution is -0.141. The van der Waals surface area contributed by atoms with Crippen LogP contribution in [0, 0.1) is 6.92 Å². The average molecular weight is 535 g/mol. The Hall–Kier alpha value is -2.76. The van der Waals surface area contributed by atoms with E-state index in [1.807, 2.05) is 54.6 Å². The van der Waals surface area contributed by atoms with E-state index >= 15 is 0 Å². The predicted molar refractivity (Wildman–Crippen MR) is 153 cm³/mol. The van der Waals surface area contributed by atoms with Crippen LogP contribution in [-0.2, 0) is 22.6 Å². The number of nitrogens with zero attached hydrogens (tertiary/aromatic N) is 1. The Labute approximate surface area is 229 Å². The van der Waals surface area contributed by atoms with Gasteiger partial charge in [-0.25, -0.2) is 0 Å². The van der Waals surface area contributed by atoms with Crippen LogP contribution in [0.1, 0.15) is 48.8 Å². The van der Waals surface area contributed by atoms with Crippen molar-refractivity contribution in [3.8, 4) is 0 Å². The van der Waals surface area contributed by atoms with Crippen LogP contribution in [0.15, 0.2) is 83.8 Å². The molecule has 0 bridgehead atoms. The highest BCUT2D eigenvalue weighted by Gasteiger charge is 2.32. The summed E-state index contributed by atoms with van der Waals surface area (Å²) in [5, 5.41) is 3.85. The molecule has 0 radical (unpaired) electrons. The van der Waals surface area contributed by atoms with Gasteiger partial charge < -0.3 is 10.2 Å². The summed E-state index contributed by atoms with van der Waals surface area (Å²) in [7, 11) is 0. The Morgan fingerprint density at radius 1 is 0.973 bits per heavy atom. The molecule has 37 heavy (non-hydrogen) atoms. The molecule has 1 unspecified atom stereocenters. The normalized spacial score (nSPS) is 14.3. The highest BCUT2D eigenvalue weighted by molar-refractivity contribution is 7.99. The second kappa shape index (κ2) is 13.7. The zero-order valence-corrected chi connectivity index (χ0v) is 22.9. The number of rotatable bonds is 11. The zero-order valence-electron chi connectivity index (χ0n) is 21.4. The number of carbonyl (C=O) groups is 2. The summed E-state index contributed by atoms with van der Waals surface area (Å²) in [6, 6.07) is 25.4. The van der Waals surface area contributed by atoms with Crippen LogP contribution in [0.3, 0.4) is 0 Å². The molecule has 4 rings (SSSR count). The first-order valence-corrected chi connectivity index (χ1v) is 14.4. The molecule has 3 aromatic carbocycles. The van der Waals surface area contributed by atoms with Gasteiger partial charge in [-0.2, -0.15) is 0 Å². The van der Waals surface area contributed by atoms with Gasteiger partial charge >= 0.3 is 0 Å². The second-order valence-corrected chi connectivity index (χ2v) is 11.3. The molecule has 1 N–H and O–H groups in total. The van der Waals surface area contributed by atoms with Crippen molar-refractivity contribution in [2.45, 2.75) is 69.0 Å². The smallest absolute Gasteiger partial charge is 0.243 e. The molecule has 1 saturated carbocycles. The second-order valence-electron chi connectivity index (χ2n) is 9.72. The summed E-state index contributed by atoms with van der Waals surface area (Å²) in [5.74, 6) is 0.521. The number of aryl methyl sites for hydroxylation is 1. The number of amides is 2. The average Bonchev–Trinajstić information content (AvgIpc) is 3.42. The number of hydrogen-bond donors (Lipinski definition) is 1. The maximum atomic E-state index is 13.8. The minimum atomic E-state index is -0.615. The molecule has 6 heteroatoms. The van der Waals surface area contributed by atoms with E-state index in [1.54, 1.807) is 16.7 Å². The lowest BCUT2D eigenvalue weighted by Gasteiger charge is -2.32. The molecule has 4 nitrogen and oxygen atoms in total. The van der Waals surface area contributed by atoms with E-state index < -0.39 is 6.04 Å². The third-order valence-corrected chi connectivity index (χ3v) is 8.26. The van der Waals surface area contributed by atoms with Crippen LogP contribution < -0.4 is 5.32 Å². The fraction of sp³-hybridized carbons (Fsp3) is 0.355. The van der Waals surface area contributed by atoms with E-state index in [0.29, 0.717) is 30.2 Å². The number of halogens is 1. The number of hydrogen-bond acceptors (Lipinski definition) is 3. The predicted octanol–water partition coefficient (Wildman–Crippen LogP) is 6.83. The van der Waals surface area contributed by atoms with E-state index in [2.05, 4.69) is 36.5 Å². The molecular formula is C31H35ClN2O2S. The molecule has 1 aliphatic rings. The Bertz CT molecular complexity index is 1160. The maximum Gasteiger partial charge on any atom is 0.243 e. The molecule has 3 aromatic rings. The van der Waals surface area contributed by atoms with E-state index in [0.717, 1.165) is 41.7 Å². The van der Waals surface area contributed by atoms with Gasteiger partial charge in [-0.05, 0) is 49.1 Å².